The minimum atomic E-state index is -0.791. The van der Waals surface area contributed by atoms with E-state index in [1.807, 2.05) is 0 Å². The van der Waals surface area contributed by atoms with Crippen LogP contribution in [0.25, 0.3) is 0 Å². The number of hydrogen-bond donors (Lipinski definition) is 0. The van der Waals surface area contributed by atoms with Crippen LogP contribution < -0.4 is 0 Å². The number of carbonyl (C=O) groups is 3. The summed E-state index contributed by atoms with van der Waals surface area (Å²) in [5, 5.41) is 0. The number of carbonyl (C=O) groups excluding carboxylic acids is 3. The maximum Gasteiger partial charge on any atom is 0.306 e. The van der Waals surface area contributed by atoms with Gasteiger partial charge in [-0.05, 0) is 116 Å². The maximum absolute atomic E-state index is 12.9. The summed E-state index contributed by atoms with van der Waals surface area (Å²) in [7, 11) is 0. The Hall–Kier alpha value is -3.41. The molecule has 0 bridgehead atoms. The first-order valence-corrected chi connectivity index (χ1v) is 35.1. The minimum absolute atomic E-state index is 0.0847. The molecular formula is C75H132O6. The van der Waals surface area contributed by atoms with Crippen molar-refractivity contribution < 1.29 is 28.6 Å². The van der Waals surface area contributed by atoms with Crippen molar-refractivity contribution >= 4 is 17.9 Å². The molecule has 0 amide bonds. The van der Waals surface area contributed by atoms with Crippen LogP contribution in [0.2, 0.25) is 0 Å². The van der Waals surface area contributed by atoms with E-state index in [2.05, 4.69) is 106 Å². The lowest BCUT2D eigenvalue weighted by molar-refractivity contribution is -0.167. The molecule has 0 aliphatic heterocycles. The maximum atomic E-state index is 12.9. The van der Waals surface area contributed by atoms with Crippen LogP contribution in [-0.4, -0.2) is 37.2 Å². The number of unbranched alkanes of at least 4 members (excludes halogenated alkanes) is 39. The monoisotopic (exact) mass is 1130 g/mol. The summed E-state index contributed by atoms with van der Waals surface area (Å²) in [4.78, 5) is 38.4. The van der Waals surface area contributed by atoms with Crippen molar-refractivity contribution in [3.8, 4) is 0 Å². The normalized spacial score (nSPS) is 12.6. The molecule has 0 aliphatic carbocycles. The third-order valence-electron chi connectivity index (χ3n) is 15.4. The molecule has 0 aromatic rings. The van der Waals surface area contributed by atoms with Gasteiger partial charge in [-0.1, -0.05) is 305 Å². The lowest BCUT2D eigenvalue weighted by Crippen LogP contribution is -2.30. The van der Waals surface area contributed by atoms with Gasteiger partial charge in [-0.25, -0.2) is 0 Å². The molecule has 468 valence electrons. The van der Waals surface area contributed by atoms with E-state index in [9.17, 15) is 14.4 Å². The fourth-order valence-corrected chi connectivity index (χ4v) is 10.1. The van der Waals surface area contributed by atoms with Crippen molar-refractivity contribution in [2.24, 2.45) is 0 Å². The first-order valence-electron chi connectivity index (χ1n) is 35.1. The molecule has 1 unspecified atom stereocenters. The van der Waals surface area contributed by atoms with Crippen LogP contribution in [0, 0.1) is 0 Å². The Morgan fingerprint density at radius 3 is 0.778 bits per heavy atom. The number of esters is 3. The summed E-state index contributed by atoms with van der Waals surface area (Å²) in [6.45, 7) is 6.53. The van der Waals surface area contributed by atoms with E-state index in [1.165, 1.54) is 199 Å². The highest BCUT2D eigenvalue weighted by molar-refractivity contribution is 5.71. The van der Waals surface area contributed by atoms with Crippen LogP contribution in [0.1, 0.15) is 355 Å². The third kappa shape index (κ3) is 67.3. The van der Waals surface area contributed by atoms with Gasteiger partial charge < -0.3 is 14.2 Å². The summed E-state index contributed by atoms with van der Waals surface area (Å²) in [5.41, 5.74) is 0. The lowest BCUT2D eigenvalue weighted by Gasteiger charge is -2.18. The van der Waals surface area contributed by atoms with Crippen LogP contribution in [0.15, 0.2) is 85.1 Å². The average molecular weight is 1130 g/mol. The number of ether oxygens (including phenoxy) is 3. The fraction of sp³-hybridized carbons (Fsp3) is 0.773. The van der Waals surface area contributed by atoms with E-state index >= 15 is 0 Å². The highest BCUT2D eigenvalue weighted by Gasteiger charge is 2.19. The molecule has 0 rings (SSSR count). The van der Waals surface area contributed by atoms with Gasteiger partial charge in [-0.2, -0.15) is 0 Å². The second kappa shape index (κ2) is 69.1. The molecule has 0 aromatic heterocycles. The molecule has 0 saturated carbocycles. The Balaban J connectivity index is 4.26. The fourth-order valence-electron chi connectivity index (χ4n) is 10.1. The topological polar surface area (TPSA) is 78.9 Å². The molecule has 1 atom stereocenters. The quantitative estimate of drug-likeness (QED) is 0.0261. The number of allylic oxidation sites excluding steroid dienone is 14. The van der Waals surface area contributed by atoms with E-state index < -0.39 is 6.10 Å². The zero-order chi connectivity index (χ0) is 58.5. The van der Waals surface area contributed by atoms with Gasteiger partial charge in [0, 0.05) is 19.3 Å². The summed E-state index contributed by atoms with van der Waals surface area (Å²) >= 11 is 0. The van der Waals surface area contributed by atoms with Gasteiger partial charge in [0.05, 0.1) is 0 Å². The second-order valence-corrected chi connectivity index (χ2v) is 23.4. The lowest BCUT2D eigenvalue weighted by atomic mass is 10.0. The Morgan fingerprint density at radius 1 is 0.259 bits per heavy atom. The van der Waals surface area contributed by atoms with Crippen molar-refractivity contribution in [1.29, 1.82) is 0 Å². The van der Waals surface area contributed by atoms with E-state index in [0.717, 1.165) is 116 Å². The summed E-state index contributed by atoms with van der Waals surface area (Å²) < 4.78 is 16.9. The largest absolute Gasteiger partial charge is 0.462 e. The van der Waals surface area contributed by atoms with Crippen molar-refractivity contribution in [1.82, 2.24) is 0 Å². The van der Waals surface area contributed by atoms with Gasteiger partial charge in [0.1, 0.15) is 13.2 Å². The molecule has 81 heavy (non-hydrogen) atoms. The minimum Gasteiger partial charge on any atom is -0.462 e. The molecule has 6 heteroatoms. The highest BCUT2D eigenvalue weighted by atomic mass is 16.6. The van der Waals surface area contributed by atoms with Gasteiger partial charge in [0.2, 0.25) is 0 Å². The Labute approximate surface area is 503 Å². The molecule has 0 saturated heterocycles. The van der Waals surface area contributed by atoms with Gasteiger partial charge in [0.25, 0.3) is 0 Å². The number of hydrogen-bond acceptors (Lipinski definition) is 6. The first-order chi connectivity index (χ1) is 40.0. The molecule has 0 spiro atoms. The SMILES string of the molecule is CC/C=C\C/C=C\C/C=C\C/C=C\C/C=C\CCCCCCCC(=O)OC(COC(=O)CCCCCCC/C=C\CCCCCC)COC(=O)CCCCCCCCCCCCCCCCCCC/C=C\CCCCCCCCCC. The van der Waals surface area contributed by atoms with Crippen LogP contribution in [0.5, 0.6) is 0 Å². The van der Waals surface area contributed by atoms with Crippen molar-refractivity contribution in [3.63, 3.8) is 0 Å². The van der Waals surface area contributed by atoms with Crippen LogP contribution in [0.3, 0.4) is 0 Å². The molecule has 0 fully saturated rings. The second-order valence-electron chi connectivity index (χ2n) is 23.4. The van der Waals surface area contributed by atoms with Crippen molar-refractivity contribution in [2.75, 3.05) is 13.2 Å². The molecule has 0 radical (unpaired) electrons. The molecular weight excluding hydrogens is 997 g/mol. The molecule has 0 heterocycles. The predicted molar refractivity (Wildman–Crippen MR) is 353 cm³/mol. The van der Waals surface area contributed by atoms with E-state index in [1.54, 1.807) is 0 Å². The van der Waals surface area contributed by atoms with E-state index in [-0.39, 0.29) is 31.1 Å². The average Bonchev–Trinajstić information content (AvgIpc) is 3.46. The zero-order valence-electron chi connectivity index (χ0n) is 53.8. The van der Waals surface area contributed by atoms with E-state index in [4.69, 9.17) is 14.2 Å². The molecule has 0 aromatic carbocycles. The van der Waals surface area contributed by atoms with Crippen LogP contribution in [-0.2, 0) is 28.6 Å². The molecule has 0 N–H and O–H groups in total. The number of rotatable bonds is 64. The van der Waals surface area contributed by atoms with E-state index in [0.29, 0.717) is 19.3 Å². The Kier molecular flexibility index (Phi) is 66.2. The molecule has 6 nitrogen and oxygen atoms in total. The van der Waals surface area contributed by atoms with Crippen LogP contribution in [0.4, 0.5) is 0 Å². The van der Waals surface area contributed by atoms with Gasteiger partial charge in [-0.15, -0.1) is 0 Å². The summed E-state index contributed by atoms with van der Waals surface area (Å²) in [5.74, 6) is -0.897. The smallest absolute Gasteiger partial charge is 0.306 e. The zero-order valence-corrected chi connectivity index (χ0v) is 53.8. The van der Waals surface area contributed by atoms with Crippen molar-refractivity contribution in [2.45, 2.75) is 361 Å². The molecule has 0 aliphatic rings. The van der Waals surface area contributed by atoms with Crippen molar-refractivity contribution in [3.05, 3.63) is 85.1 Å². The Bertz CT molecular complexity index is 1530. The van der Waals surface area contributed by atoms with Gasteiger partial charge in [0.15, 0.2) is 6.10 Å². The summed E-state index contributed by atoms with van der Waals surface area (Å²) in [6.07, 6.45) is 91.9. The predicted octanol–water partition coefficient (Wildman–Crippen LogP) is 24.2. The Morgan fingerprint density at radius 2 is 0.481 bits per heavy atom. The van der Waals surface area contributed by atoms with Gasteiger partial charge >= 0.3 is 17.9 Å². The highest BCUT2D eigenvalue weighted by Crippen LogP contribution is 2.17. The standard InChI is InChI=1S/C75H132O6/c1-4-7-10-13-16-19-22-25-27-29-31-33-34-35-36-37-38-39-40-42-43-45-47-50-53-56-59-62-65-68-74(77)80-71-72(70-79-73(76)67-64-61-58-55-52-49-24-21-18-15-12-9-6-3)81-75(78)69-66-63-60-57-54-51-48-46-44-41-32-30-28-26-23-20-17-14-11-8-5-2/h8,11,17,20-21,24,26,28-29,31-32,41,46,48,72H,4-7,9-10,12-16,18-19,22-23,25,27,30,33-40,42-45,47,49-71H2,1-3H3/b11-8-,20-17-,24-21-,28-26-,31-29-,41-32-,48-46-. The van der Waals surface area contributed by atoms with Crippen LogP contribution >= 0.6 is 0 Å². The first kappa shape index (κ1) is 77.6. The summed E-state index contributed by atoms with van der Waals surface area (Å²) in [6, 6.07) is 0. The third-order valence-corrected chi connectivity index (χ3v) is 15.4. The van der Waals surface area contributed by atoms with Gasteiger partial charge in [-0.3, -0.25) is 14.4 Å².